The first kappa shape index (κ1) is 30.0. The Kier molecular flexibility index (Phi) is 9.84. The Balaban J connectivity index is 0.00000185. The van der Waals surface area contributed by atoms with Gasteiger partial charge in [-0.1, -0.05) is 115 Å². The number of aromatic nitrogens is 1. The zero-order chi connectivity index (χ0) is 26.1. The molecule has 0 aliphatic heterocycles. The number of hydrogen-bond donors (Lipinski definition) is 0. The molecule has 0 atom stereocenters. The molecule has 5 aromatic carbocycles. The van der Waals surface area contributed by atoms with Crippen molar-refractivity contribution in [1.29, 1.82) is 0 Å². The fourth-order valence-electron chi connectivity index (χ4n) is 5.44. The number of nitrogens with zero attached hydrogens (tertiary/aromatic N) is 1. The molecular formula is C38H34KN. The Morgan fingerprint density at radius 1 is 0.725 bits per heavy atom. The van der Waals surface area contributed by atoms with Crippen molar-refractivity contribution in [2.24, 2.45) is 0 Å². The average Bonchev–Trinajstić information content (AvgIpc) is 3.30. The second-order valence-corrected chi connectivity index (χ2v) is 10.0. The standard InChI is InChI=1S/C37H31N.CH3.K/c1-4-11-26(2)16-17-27(3)29-18-22-34-35-23-20-31-24-30(28-12-7-5-8-13-28)19-21-33(31)37(35)38(36(34)25-29)32-14-9-6-10-15-32;;/h4-15,17-25H,1,16H2,2-3H3;1H3;/q;-1;+1/b26-11+,27-17+;;. The van der Waals surface area contributed by atoms with Crippen LogP contribution in [-0.4, -0.2) is 4.57 Å². The molecule has 0 aliphatic carbocycles. The molecule has 6 rings (SSSR count). The first-order valence-electron chi connectivity index (χ1n) is 13.2. The number of benzene rings is 5. The van der Waals surface area contributed by atoms with Gasteiger partial charge in [-0.05, 0) is 72.2 Å². The van der Waals surface area contributed by atoms with Crippen molar-refractivity contribution >= 4 is 38.2 Å². The van der Waals surface area contributed by atoms with E-state index in [2.05, 4.69) is 146 Å². The van der Waals surface area contributed by atoms with Gasteiger partial charge in [0.15, 0.2) is 0 Å². The van der Waals surface area contributed by atoms with Crippen molar-refractivity contribution in [3.8, 4) is 16.8 Å². The topological polar surface area (TPSA) is 4.93 Å². The summed E-state index contributed by atoms with van der Waals surface area (Å²) in [5.41, 5.74) is 9.98. The molecule has 0 aliphatic rings. The van der Waals surface area contributed by atoms with Crippen LogP contribution < -0.4 is 51.4 Å². The molecule has 0 saturated heterocycles. The summed E-state index contributed by atoms with van der Waals surface area (Å²) in [5, 5.41) is 5.07. The maximum Gasteiger partial charge on any atom is 1.00 e. The Bertz CT molecular complexity index is 1850. The monoisotopic (exact) mass is 543 g/mol. The van der Waals surface area contributed by atoms with E-state index in [9.17, 15) is 0 Å². The minimum Gasteiger partial charge on any atom is -0.358 e. The van der Waals surface area contributed by atoms with Crippen LogP contribution in [0.4, 0.5) is 0 Å². The Morgan fingerprint density at radius 3 is 2.12 bits per heavy atom. The van der Waals surface area contributed by atoms with E-state index in [4.69, 9.17) is 0 Å². The molecule has 0 bridgehead atoms. The average molecular weight is 544 g/mol. The number of hydrogen-bond acceptors (Lipinski definition) is 0. The summed E-state index contributed by atoms with van der Waals surface area (Å²) in [6.45, 7) is 8.18. The van der Waals surface area contributed by atoms with Crippen molar-refractivity contribution < 1.29 is 51.4 Å². The summed E-state index contributed by atoms with van der Waals surface area (Å²) in [4.78, 5) is 0. The number of fused-ring (bicyclic) bond motifs is 5. The molecule has 0 saturated carbocycles. The van der Waals surface area contributed by atoms with Crippen LogP contribution in [0.15, 0.2) is 140 Å². The third kappa shape index (κ3) is 5.74. The molecule has 0 radical (unpaired) electrons. The van der Waals surface area contributed by atoms with Gasteiger partial charge in [0.1, 0.15) is 0 Å². The first-order chi connectivity index (χ1) is 18.6. The van der Waals surface area contributed by atoms with E-state index in [0.717, 1.165) is 6.42 Å². The molecule has 1 aromatic heterocycles. The number of para-hydroxylation sites is 1. The van der Waals surface area contributed by atoms with Gasteiger partial charge in [-0.25, -0.2) is 0 Å². The van der Waals surface area contributed by atoms with Crippen LogP contribution in [0.1, 0.15) is 25.8 Å². The maximum atomic E-state index is 3.82. The molecule has 0 fully saturated rings. The van der Waals surface area contributed by atoms with Crippen molar-refractivity contribution in [2.45, 2.75) is 20.3 Å². The summed E-state index contributed by atoms with van der Waals surface area (Å²) in [6.07, 6.45) is 7.17. The molecule has 0 amide bonds. The molecule has 0 spiro atoms. The van der Waals surface area contributed by atoms with Crippen LogP contribution >= 0.6 is 0 Å². The Hall–Kier alpha value is -2.98. The molecule has 0 unspecified atom stereocenters. The predicted molar refractivity (Wildman–Crippen MR) is 172 cm³/mol. The van der Waals surface area contributed by atoms with Gasteiger partial charge < -0.3 is 12.0 Å². The number of rotatable bonds is 6. The summed E-state index contributed by atoms with van der Waals surface area (Å²) in [6, 6.07) is 39.7. The molecule has 1 heterocycles. The Labute approximate surface area is 281 Å². The van der Waals surface area contributed by atoms with E-state index in [1.807, 2.05) is 6.08 Å². The molecule has 192 valence electrons. The van der Waals surface area contributed by atoms with Crippen LogP contribution in [0.2, 0.25) is 0 Å². The summed E-state index contributed by atoms with van der Waals surface area (Å²) >= 11 is 0. The van der Waals surface area contributed by atoms with Crippen molar-refractivity contribution in [3.63, 3.8) is 0 Å². The van der Waals surface area contributed by atoms with Crippen LogP contribution in [0.3, 0.4) is 0 Å². The van der Waals surface area contributed by atoms with Gasteiger partial charge in [0, 0.05) is 21.8 Å². The van der Waals surface area contributed by atoms with Crippen LogP contribution in [0.5, 0.6) is 0 Å². The molecule has 2 heteroatoms. The van der Waals surface area contributed by atoms with E-state index in [-0.39, 0.29) is 58.8 Å². The zero-order valence-electron chi connectivity index (χ0n) is 24.0. The minimum absolute atomic E-state index is 0. The number of allylic oxidation sites excluding steroid dienone is 5. The van der Waals surface area contributed by atoms with Crippen LogP contribution in [0, 0.1) is 7.43 Å². The van der Waals surface area contributed by atoms with E-state index in [1.54, 1.807) is 0 Å². The van der Waals surface area contributed by atoms with Crippen LogP contribution in [-0.2, 0) is 0 Å². The fraction of sp³-hybridized carbons (Fsp3) is 0.0789. The van der Waals surface area contributed by atoms with Crippen molar-refractivity contribution in [3.05, 3.63) is 153 Å². The van der Waals surface area contributed by atoms with Gasteiger partial charge in [0.25, 0.3) is 0 Å². The quantitative estimate of drug-likeness (QED) is 0.114. The normalized spacial score (nSPS) is 11.8. The predicted octanol–water partition coefficient (Wildman–Crippen LogP) is 7.98. The molecule has 1 nitrogen and oxygen atoms in total. The second kappa shape index (κ2) is 13.1. The summed E-state index contributed by atoms with van der Waals surface area (Å²) in [5.74, 6) is 0. The van der Waals surface area contributed by atoms with Gasteiger partial charge in [-0.2, -0.15) is 0 Å². The van der Waals surface area contributed by atoms with E-state index < -0.39 is 0 Å². The SMILES string of the molecule is C=C/C=C(\C)C/C=C(\C)c1ccc2c3ccc4cc(-c5ccccc5)ccc4c3n(-c3ccccc3)c2c1.[CH3-].[K+]. The van der Waals surface area contributed by atoms with Gasteiger partial charge in [-0.3, -0.25) is 0 Å². The largest absolute Gasteiger partial charge is 1.00 e. The molecular weight excluding hydrogens is 510 g/mol. The maximum absolute atomic E-state index is 3.82. The minimum atomic E-state index is 0. The Morgan fingerprint density at radius 2 is 1.40 bits per heavy atom. The van der Waals surface area contributed by atoms with Gasteiger partial charge >= 0.3 is 51.4 Å². The zero-order valence-corrected chi connectivity index (χ0v) is 27.1. The second-order valence-electron chi connectivity index (χ2n) is 10.0. The summed E-state index contributed by atoms with van der Waals surface area (Å²) < 4.78 is 2.44. The third-order valence-electron chi connectivity index (χ3n) is 7.45. The third-order valence-corrected chi connectivity index (χ3v) is 7.45. The van der Waals surface area contributed by atoms with Gasteiger partial charge in [0.2, 0.25) is 0 Å². The van der Waals surface area contributed by atoms with Crippen LogP contribution in [0.25, 0.3) is 55.0 Å². The molecule has 6 aromatic rings. The summed E-state index contributed by atoms with van der Waals surface area (Å²) in [7, 11) is 0. The fourth-order valence-corrected chi connectivity index (χ4v) is 5.44. The van der Waals surface area contributed by atoms with E-state index >= 15 is 0 Å². The molecule has 0 N–H and O–H groups in total. The van der Waals surface area contributed by atoms with Gasteiger partial charge in [0.05, 0.1) is 11.0 Å². The van der Waals surface area contributed by atoms with Crippen molar-refractivity contribution in [1.82, 2.24) is 4.57 Å². The van der Waals surface area contributed by atoms with E-state index in [0.29, 0.717) is 0 Å². The first-order valence-corrected chi connectivity index (χ1v) is 13.2. The van der Waals surface area contributed by atoms with E-state index in [1.165, 1.54) is 66.1 Å². The smallest absolute Gasteiger partial charge is 0.358 e. The van der Waals surface area contributed by atoms with Crippen molar-refractivity contribution in [2.75, 3.05) is 0 Å². The van der Waals surface area contributed by atoms with Gasteiger partial charge in [-0.15, -0.1) is 0 Å². The molecule has 40 heavy (non-hydrogen) atoms.